The molecule has 0 aromatic carbocycles. The predicted molar refractivity (Wildman–Crippen MR) is 94.8 cm³/mol. The number of rotatable bonds is 5. The fourth-order valence-corrected chi connectivity index (χ4v) is 2.56. The molecule has 144 valence electrons. The molecule has 0 radical (unpaired) electrons. The minimum absolute atomic E-state index is 0.0144. The molecule has 3 heterocycles. The first-order valence-corrected chi connectivity index (χ1v) is 8.01. The fraction of sp³-hybridized carbons (Fsp3) is 0.158. The third-order valence-electron chi connectivity index (χ3n) is 3.87. The molecule has 0 amide bonds. The van der Waals surface area contributed by atoms with Crippen molar-refractivity contribution >= 4 is 5.97 Å². The van der Waals surface area contributed by atoms with Gasteiger partial charge in [0, 0.05) is 30.1 Å². The molecule has 9 heteroatoms. The second kappa shape index (κ2) is 7.55. The second-order valence-corrected chi connectivity index (χ2v) is 5.92. The van der Waals surface area contributed by atoms with Crippen LogP contribution in [-0.2, 0) is 6.58 Å². The monoisotopic (exact) mass is 388 g/mol. The molecule has 0 aliphatic carbocycles. The SMILES string of the molecule is [2H]C(Oc1cc(C)n(-c2cc(C(=O)O)ncc2C)c(=O)c1)c1ncc(F)cc1F. The molecule has 0 fully saturated rings. The number of carboxylic acid groups (broad SMARTS) is 1. The van der Waals surface area contributed by atoms with E-state index in [1.807, 2.05) is 0 Å². The standard InChI is InChI=1S/C19H15F2N3O4/c1-10-7-22-15(19(26)27)6-17(10)24-11(2)3-13(5-18(24)25)28-9-16-14(21)4-12(20)8-23-16/h3-8H,9H2,1-2H3,(H,26,27)/i9D. The van der Waals surface area contributed by atoms with E-state index in [9.17, 15) is 18.4 Å². The molecule has 0 spiro atoms. The van der Waals surface area contributed by atoms with Gasteiger partial charge in [0.2, 0.25) is 0 Å². The summed E-state index contributed by atoms with van der Waals surface area (Å²) in [6, 6.07) is 4.38. The van der Waals surface area contributed by atoms with Crippen LogP contribution in [-0.4, -0.2) is 25.6 Å². The van der Waals surface area contributed by atoms with E-state index in [2.05, 4.69) is 9.97 Å². The Morgan fingerprint density at radius 2 is 1.96 bits per heavy atom. The lowest BCUT2D eigenvalue weighted by Gasteiger charge is -2.15. The van der Waals surface area contributed by atoms with E-state index in [1.165, 1.54) is 22.9 Å². The molecule has 0 bridgehead atoms. The number of aromatic nitrogens is 3. The van der Waals surface area contributed by atoms with Gasteiger partial charge < -0.3 is 9.84 Å². The smallest absolute Gasteiger partial charge is 0.354 e. The Morgan fingerprint density at radius 3 is 2.61 bits per heavy atom. The van der Waals surface area contributed by atoms with Crippen LogP contribution >= 0.6 is 0 Å². The number of hydrogen-bond acceptors (Lipinski definition) is 5. The first kappa shape index (κ1) is 17.8. The summed E-state index contributed by atoms with van der Waals surface area (Å²) in [6.45, 7) is 1.64. The zero-order chi connectivity index (χ0) is 21.3. The topological polar surface area (TPSA) is 94.3 Å². The molecule has 0 saturated heterocycles. The summed E-state index contributed by atoms with van der Waals surface area (Å²) in [5, 5.41) is 9.13. The van der Waals surface area contributed by atoms with Gasteiger partial charge in [0.25, 0.3) is 5.56 Å². The highest BCUT2D eigenvalue weighted by Gasteiger charge is 2.14. The summed E-state index contributed by atoms with van der Waals surface area (Å²) in [4.78, 5) is 31.1. The molecule has 0 aliphatic rings. The van der Waals surface area contributed by atoms with Gasteiger partial charge in [-0.3, -0.25) is 14.3 Å². The maximum atomic E-state index is 13.8. The van der Waals surface area contributed by atoms with Crippen LogP contribution in [0, 0.1) is 25.5 Å². The summed E-state index contributed by atoms with van der Waals surface area (Å²) < 4.78 is 41.2. The zero-order valence-electron chi connectivity index (χ0n) is 15.8. The van der Waals surface area contributed by atoms with Crippen molar-refractivity contribution in [3.8, 4) is 11.4 Å². The second-order valence-electron chi connectivity index (χ2n) is 5.92. The highest BCUT2D eigenvalue weighted by atomic mass is 19.1. The number of ether oxygens (including phenoxy) is 1. The molecule has 28 heavy (non-hydrogen) atoms. The number of aryl methyl sites for hydroxylation is 2. The highest BCUT2D eigenvalue weighted by molar-refractivity contribution is 5.86. The first-order chi connectivity index (χ1) is 13.7. The Kier molecular flexibility index (Phi) is 4.79. The van der Waals surface area contributed by atoms with E-state index in [0.29, 0.717) is 23.0 Å². The lowest BCUT2D eigenvalue weighted by Crippen LogP contribution is -2.21. The highest BCUT2D eigenvalue weighted by Crippen LogP contribution is 2.19. The van der Waals surface area contributed by atoms with Gasteiger partial charge in [-0.1, -0.05) is 0 Å². The summed E-state index contributed by atoms with van der Waals surface area (Å²) in [5.74, 6) is -3.17. The molecule has 3 rings (SSSR count). The van der Waals surface area contributed by atoms with Gasteiger partial charge in [0.05, 0.1) is 13.3 Å². The van der Waals surface area contributed by atoms with E-state index in [-0.39, 0.29) is 11.4 Å². The van der Waals surface area contributed by atoms with Crippen LogP contribution < -0.4 is 10.3 Å². The molecule has 0 aliphatic heterocycles. The largest absolute Gasteiger partial charge is 0.487 e. The predicted octanol–water partition coefficient (Wildman–Crippen LogP) is 2.80. The molecule has 1 atom stereocenters. The summed E-state index contributed by atoms with van der Waals surface area (Å²) in [6.07, 6.45) is 2.11. The maximum absolute atomic E-state index is 13.8. The molecular formula is C19H15F2N3O4. The van der Waals surface area contributed by atoms with Crippen LogP contribution in [0.25, 0.3) is 5.69 Å². The number of aromatic carboxylic acids is 1. The van der Waals surface area contributed by atoms with Crippen LogP contribution in [0.2, 0.25) is 0 Å². The number of nitrogens with zero attached hydrogens (tertiary/aromatic N) is 3. The van der Waals surface area contributed by atoms with Crippen molar-refractivity contribution in [2.45, 2.75) is 20.4 Å². The van der Waals surface area contributed by atoms with Crippen molar-refractivity contribution in [3.05, 3.63) is 81.3 Å². The Hall–Kier alpha value is -3.62. The molecular weight excluding hydrogens is 372 g/mol. The Bertz CT molecular complexity index is 1170. The van der Waals surface area contributed by atoms with Crippen LogP contribution in [0.5, 0.6) is 5.75 Å². The lowest BCUT2D eigenvalue weighted by molar-refractivity contribution is 0.0690. The Morgan fingerprint density at radius 1 is 1.21 bits per heavy atom. The van der Waals surface area contributed by atoms with Crippen molar-refractivity contribution in [1.29, 1.82) is 0 Å². The minimum atomic E-state index is -1.62. The van der Waals surface area contributed by atoms with E-state index < -0.39 is 35.4 Å². The van der Waals surface area contributed by atoms with Crippen molar-refractivity contribution in [2.24, 2.45) is 0 Å². The Balaban J connectivity index is 1.97. The third kappa shape index (κ3) is 3.88. The van der Waals surface area contributed by atoms with Crippen molar-refractivity contribution < 1.29 is 24.8 Å². The lowest BCUT2D eigenvalue weighted by atomic mass is 10.2. The number of halogens is 2. The maximum Gasteiger partial charge on any atom is 0.354 e. The van der Waals surface area contributed by atoms with Gasteiger partial charge in [-0.15, -0.1) is 0 Å². The van der Waals surface area contributed by atoms with E-state index in [1.54, 1.807) is 13.8 Å². The number of hydrogen-bond donors (Lipinski definition) is 1. The number of pyridine rings is 3. The molecule has 1 unspecified atom stereocenters. The van der Waals surface area contributed by atoms with E-state index in [0.717, 1.165) is 12.3 Å². The van der Waals surface area contributed by atoms with Crippen molar-refractivity contribution in [2.75, 3.05) is 0 Å². The third-order valence-corrected chi connectivity index (χ3v) is 3.87. The summed E-state index contributed by atoms with van der Waals surface area (Å²) in [7, 11) is 0. The molecule has 0 saturated carbocycles. The summed E-state index contributed by atoms with van der Waals surface area (Å²) >= 11 is 0. The van der Waals surface area contributed by atoms with Gasteiger partial charge in [0.15, 0.2) is 5.82 Å². The van der Waals surface area contributed by atoms with Crippen LogP contribution in [0.4, 0.5) is 8.78 Å². The van der Waals surface area contributed by atoms with E-state index >= 15 is 0 Å². The van der Waals surface area contributed by atoms with Crippen LogP contribution in [0.15, 0.2) is 41.5 Å². The van der Waals surface area contributed by atoms with Crippen molar-refractivity contribution in [1.82, 2.24) is 14.5 Å². The molecule has 3 aromatic rings. The quantitative estimate of drug-likeness (QED) is 0.722. The van der Waals surface area contributed by atoms with Gasteiger partial charge in [-0.2, -0.15) is 0 Å². The number of carbonyl (C=O) groups is 1. The van der Waals surface area contributed by atoms with E-state index in [4.69, 9.17) is 11.2 Å². The summed E-state index contributed by atoms with van der Waals surface area (Å²) in [5.41, 5.74) is 0.0961. The molecule has 7 nitrogen and oxygen atoms in total. The van der Waals surface area contributed by atoms with Crippen LogP contribution in [0.1, 0.15) is 28.8 Å². The zero-order valence-corrected chi connectivity index (χ0v) is 14.8. The van der Waals surface area contributed by atoms with Crippen molar-refractivity contribution in [3.63, 3.8) is 0 Å². The van der Waals surface area contributed by atoms with Gasteiger partial charge in [0.1, 0.15) is 29.5 Å². The number of carboxylic acids is 1. The van der Waals surface area contributed by atoms with Gasteiger partial charge in [-0.25, -0.2) is 18.6 Å². The van der Waals surface area contributed by atoms with Gasteiger partial charge in [-0.05, 0) is 25.5 Å². The normalized spacial score (nSPS) is 12.4. The van der Waals surface area contributed by atoms with Crippen LogP contribution in [0.3, 0.4) is 0 Å². The minimum Gasteiger partial charge on any atom is -0.487 e. The first-order valence-electron chi connectivity index (χ1n) is 8.59. The molecule has 3 aromatic heterocycles. The Labute approximate surface area is 159 Å². The van der Waals surface area contributed by atoms with Gasteiger partial charge >= 0.3 is 5.97 Å². The fourth-order valence-electron chi connectivity index (χ4n) is 2.56. The molecule has 1 N–H and O–H groups in total. The average Bonchev–Trinajstić information content (AvgIpc) is 2.62. The average molecular weight is 388 g/mol.